The van der Waals surface area contributed by atoms with Crippen LogP contribution in [0.25, 0.3) is 16.6 Å². The Morgan fingerprint density at radius 2 is 1.74 bits per heavy atom. The van der Waals surface area contributed by atoms with Crippen LogP contribution in [0.3, 0.4) is 0 Å². The summed E-state index contributed by atoms with van der Waals surface area (Å²) in [5, 5.41) is 7.28. The number of rotatable bonds is 10. The number of carbonyl (C=O) groups is 4. The Hall–Kier alpha value is -5.52. The molecule has 0 spiro atoms. The van der Waals surface area contributed by atoms with E-state index in [0.717, 1.165) is 29.7 Å². The molecule has 4 aromatic rings. The predicted molar refractivity (Wildman–Crippen MR) is 174 cm³/mol. The maximum atomic E-state index is 13.5. The lowest BCUT2D eigenvalue weighted by Gasteiger charge is -2.39. The van der Waals surface area contributed by atoms with E-state index in [1.165, 1.54) is 22.3 Å². The van der Waals surface area contributed by atoms with E-state index in [4.69, 9.17) is 5.73 Å². The van der Waals surface area contributed by atoms with Gasteiger partial charge < -0.3 is 25.8 Å². The van der Waals surface area contributed by atoms with Gasteiger partial charge in [-0.15, -0.1) is 0 Å². The lowest BCUT2D eigenvalue weighted by Crippen LogP contribution is -2.49. The van der Waals surface area contributed by atoms with Crippen LogP contribution in [-0.2, 0) is 19.2 Å². The summed E-state index contributed by atoms with van der Waals surface area (Å²) in [6.07, 6.45) is 5.24. The van der Waals surface area contributed by atoms with Crippen LogP contribution < -0.4 is 16.0 Å². The van der Waals surface area contributed by atoms with Crippen molar-refractivity contribution in [2.24, 2.45) is 5.92 Å². The number of amides is 4. The molecule has 1 aliphatic heterocycles. The fraction of sp³-hybridized carbons (Fsp3) is 0.294. The topological polar surface area (TPSA) is 146 Å². The molecule has 4 amide bonds. The van der Waals surface area contributed by atoms with Crippen molar-refractivity contribution in [1.82, 2.24) is 24.4 Å². The van der Waals surface area contributed by atoms with Gasteiger partial charge in [-0.3, -0.25) is 19.2 Å². The van der Waals surface area contributed by atoms with Gasteiger partial charge >= 0.3 is 0 Å². The second kappa shape index (κ2) is 12.5. The molecular formula is C34H36N8O4. The minimum absolute atomic E-state index is 0.130. The zero-order valence-corrected chi connectivity index (χ0v) is 26.0. The van der Waals surface area contributed by atoms with Crippen molar-refractivity contribution in [2.45, 2.75) is 38.6 Å². The molecule has 2 aromatic carbocycles. The van der Waals surface area contributed by atoms with E-state index in [9.17, 15) is 19.2 Å². The number of likely N-dealkylation sites (tertiary alicyclic amines) is 1. The smallest absolute Gasteiger partial charge is 0.265 e. The van der Waals surface area contributed by atoms with E-state index in [2.05, 4.69) is 15.4 Å². The Morgan fingerprint density at radius 3 is 2.37 bits per heavy atom. The van der Waals surface area contributed by atoms with Crippen molar-refractivity contribution < 1.29 is 19.2 Å². The number of nitrogen functional groups attached to an aromatic ring is 1. The maximum Gasteiger partial charge on any atom is 0.265 e. The molecule has 0 atom stereocenters. The number of nitrogens with two attached hydrogens (primary N) is 1. The maximum absolute atomic E-state index is 13.5. The number of hydrogen-bond donors (Lipinski definition) is 2. The third-order valence-corrected chi connectivity index (χ3v) is 8.52. The summed E-state index contributed by atoms with van der Waals surface area (Å²) < 4.78 is 1.80. The third-order valence-electron chi connectivity index (χ3n) is 8.52. The summed E-state index contributed by atoms with van der Waals surface area (Å²) in [6.45, 7) is 4.85. The van der Waals surface area contributed by atoms with Gasteiger partial charge in [-0.1, -0.05) is 30.3 Å². The van der Waals surface area contributed by atoms with Crippen molar-refractivity contribution in [3.05, 3.63) is 84.5 Å². The molecule has 46 heavy (non-hydrogen) atoms. The minimum Gasteiger partial charge on any atom is -0.382 e. The molecule has 2 fully saturated rings. The Labute approximate surface area is 266 Å². The van der Waals surface area contributed by atoms with E-state index < -0.39 is 11.8 Å². The van der Waals surface area contributed by atoms with Crippen molar-refractivity contribution in [3.8, 4) is 11.1 Å². The Balaban J connectivity index is 1.24. The molecule has 0 bridgehead atoms. The first-order chi connectivity index (χ1) is 22.2. The number of benzene rings is 2. The first-order valence-electron chi connectivity index (χ1n) is 15.3. The van der Waals surface area contributed by atoms with Gasteiger partial charge in [0.25, 0.3) is 11.8 Å². The molecular weight excluding hydrogens is 584 g/mol. The molecule has 0 unspecified atom stereocenters. The Kier molecular flexibility index (Phi) is 8.27. The van der Waals surface area contributed by atoms with Crippen LogP contribution in [0.4, 0.5) is 17.2 Å². The largest absolute Gasteiger partial charge is 0.382 e. The Bertz CT molecular complexity index is 1820. The number of carbonyl (C=O) groups excluding carboxylic acids is 4. The highest BCUT2D eigenvalue weighted by molar-refractivity contribution is 6.26. The first kappa shape index (κ1) is 30.5. The average Bonchev–Trinajstić information content (AvgIpc) is 3.82. The van der Waals surface area contributed by atoms with Gasteiger partial charge in [-0.2, -0.15) is 5.10 Å². The van der Waals surface area contributed by atoms with Gasteiger partial charge in [0.2, 0.25) is 12.3 Å². The van der Waals surface area contributed by atoms with Crippen molar-refractivity contribution >= 4 is 46.8 Å². The third kappa shape index (κ3) is 5.93. The van der Waals surface area contributed by atoms with Crippen LogP contribution >= 0.6 is 0 Å². The summed E-state index contributed by atoms with van der Waals surface area (Å²) >= 11 is 0. The molecule has 0 radical (unpaired) electrons. The molecule has 12 nitrogen and oxygen atoms in total. The van der Waals surface area contributed by atoms with Crippen LogP contribution in [-0.4, -0.2) is 74.7 Å². The molecule has 6 rings (SSSR count). The normalized spacial score (nSPS) is 15.0. The number of likely N-dealkylation sites (N-methyl/N-ethyl adjacent to an activating group) is 1. The number of anilines is 3. The first-order valence-corrected chi connectivity index (χ1v) is 15.3. The predicted octanol–water partition coefficient (Wildman–Crippen LogP) is 3.67. The van der Waals surface area contributed by atoms with E-state index in [0.29, 0.717) is 42.2 Å². The summed E-state index contributed by atoms with van der Waals surface area (Å²) in [6, 6.07) is 17.9. The molecule has 236 valence electrons. The number of nitrogens with one attached hydrogen (secondary N) is 1. The van der Waals surface area contributed by atoms with Crippen molar-refractivity contribution in [1.29, 1.82) is 0 Å². The van der Waals surface area contributed by atoms with E-state index in [1.807, 2.05) is 29.2 Å². The summed E-state index contributed by atoms with van der Waals surface area (Å²) in [4.78, 5) is 60.1. The number of nitrogens with zero attached hydrogens (tertiary/aromatic N) is 6. The number of aromatic nitrogens is 3. The minimum atomic E-state index is -0.655. The van der Waals surface area contributed by atoms with Crippen molar-refractivity contribution in [3.63, 3.8) is 0 Å². The van der Waals surface area contributed by atoms with E-state index in [-0.39, 0.29) is 29.4 Å². The highest BCUT2D eigenvalue weighted by Crippen LogP contribution is 2.39. The van der Waals surface area contributed by atoms with Gasteiger partial charge in [0, 0.05) is 61.2 Å². The molecule has 12 heteroatoms. The zero-order chi connectivity index (χ0) is 32.5. The van der Waals surface area contributed by atoms with Crippen LogP contribution in [0.15, 0.2) is 78.8 Å². The lowest BCUT2D eigenvalue weighted by atomic mass is 9.95. The SMILES string of the molecule is CC(C)N(C=O)/C=C(/C(=O)Nc1ccc(-c2cc(C3CN(C(=O)C4CC4)C3)n3ncnc(N)c23)cc1)C(=O)N(C)c1ccccc1. The molecule has 1 saturated carbocycles. The quantitative estimate of drug-likeness (QED) is 0.119. The Morgan fingerprint density at radius 1 is 1.04 bits per heavy atom. The average molecular weight is 621 g/mol. The van der Waals surface area contributed by atoms with Crippen LogP contribution in [0.2, 0.25) is 0 Å². The number of hydrogen-bond acceptors (Lipinski definition) is 7. The summed E-state index contributed by atoms with van der Waals surface area (Å²) in [5.41, 5.74) is 10.5. The molecule has 3 N–H and O–H groups in total. The summed E-state index contributed by atoms with van der Waals surface area (Å²) in [5.74, 6) is -0.336. The molecule has 3 heterocycles. The molecule has 1 aliphatic carbocycles. The lowest BCUT2D eigenvalue weighted by molar-refractivity contribution is -0.137. The summed E-state index contributed by atoms with van der Waals surface area (Å²) in [7, 11) is 1.58. The molecule has 1 saturated heterocycles. The number of fused-ring (bicyclic) bond motifs is 1. The second-order valence-corrected chi connectivity index (χ2v) is 12.0. The fourth-order valence-electron chi connectivity index (χ4n) is 5.58. The van der Waals surface area contributed by atoms with Crippen LogP contribution in [0.5, 0.6) is 0 Å². The monoisotopic (exact) mass is 620 g/mol. The van der Waals surface area contributed by atoms with E-state index >= 15 is 0 Å². The second-order valence-electron chi connectivity index (χ2n) is 12.0. The zero-order valence-electron chi connectivity index (χ0n) is 26.0. The van der Waals surface area contributed by atoms with Crippen LogP contribution in [0.1, 0.15) is 38.3 Å². The van der Waals surface area contributed by atoms with Gasteiger partial charge in [0.05, 0.1) is 5.69 Å². The molecule has 2 aliphatic rings. The van der Waals surface area contributed by atoms with Gasteiger partial charge in [0.15, 0.2) is 5.82 Å². The standard InChI is InChI=1S/C34H36N8O4/c1-21(2)41(20-43)18-28(34(46)39(3)26-7-5-4-6-8-26)32(44)38-25-13-11-22(12-14-25)27-15-29(42-30(27)31(35)36-19-37-42)24-16-40(17-24)33(45)23-9-10-23/h4-8,11-15,18-21,23-24H,9-10,16-17H2,1-3H3,(H,38,44)(H2,35,36,37)/b28-18-. The van der Waals surface area contributed by atoms with Gasteiger partial charge in [0.1, 0.15) is 17.4 Å². The molecule has 2 aromatic heterocycles. The highest BCUT2D eigenvalue weighted by atomic mass is 16.2. The van der Waals surface area contributed by atoms with E-state index in [1.54, 1.807) is 61.8 Å². The van der Waals surface area contributed by atoms with Crippen molar-refractivity contribution in [2.75, 3.05) is 36.1 Å². The highest BCUT2D eigenvalue weighted by Gasteiger charge is 2.41. The number of para-hydroxylation sites is 1. The van der Waals surface area contributed by atoms with Crippen LogP contribution in [0, 0.1) is 5.92 Å². The fourth-order valence-corrected chi connectivity index (χ4v) is 5.58. The van der Waals surface area contributed by atoms with Gasteiger partial charge in [-0.25, -0.2) is 9.50 Å². The van der Waals surface area contributed by atoms with Gasteiger partial charge in [-0.05, 0) is 62.6 Å².